The molecule has 0 aromatic carbocycles. The van der Waals surface area contributed by atoms with Gasteiger partial charge in [0.05, 0.1) is 7.11 Å². The second kappa shape index (κ2) is 5.01. The molecule has 0 fully saturated rings. The third kappa shape index (κ3) is 2.85. The molecule has 3 nitrogen and oxygen atoms in total. The van der Waals surface area contributed by atoms with Gasteiger partial charge in [-0.1, -0.05) is 13.8 Å². The number of methoxy groups -OCH3 is 1. The smallest absolute Gasteiger partial charge is 0.169 e. The van der Waals surface area contributed by atoms with Crippen LogP contribution in [0.2, 0.25) is 0 Å². The van der Waals surface area contributed by atoms with Crippen molar-refractivity contribution in [1.29, 1.82) is 0 Å². The highest BCUT2D eigenvalue weighted by molar-refractivity contribution is 5.51. The van der Waals surface area contributed by atoms with E-state index in [4.69, 9.17) is 4.74 Å². The van der Waals surface area contributed by atoms with Crippen LogP contribution in [-0.4, -0.2) is 17.6 Å². The number of anilines is 1. The number of nitrogens with zero attached hydrogens (tertiary/aromatic N) is 1. The van der Waals surface area contributed by atoms with Crippen LogP contribution in [0.4, 0.5) is 5.82 Å². The van der Waals surface area contributed by atoms with Crippen LogP contribution in [0.25, 0.3) is 0 Å². The van der Waals surface area contributed by atoms with Crippen molar-refractivity contribution in [1.82, 2.24) is 4.98 Å². The van der Waals surface area contributed by atoms with E-state index in [9.17, 15) is 0 Å². The first-order chi connectivity index (χ1) is 7.15. The summed E-state index contributed by atoms with van der Waals surface area (Å²) in [7, 11) is 1.66. The van der Waals surface area contributed by atoms with Crippen LogP contribution in [0.5, 0.6) is 5.75 Å². The van der Waals surface area contributed by atoms with Crippen molar-refractivity contribution in [3.8, 4) is 5.75 Å². The molecule has 84 valence electrons. The van der Waals surface area contributed by atoms with Crippen molar-refractivity contribution < 1.29 is 4.74 Å². The Morgan fingerprint density at radius 2 is 2.07 bits per heavy atom. The highest BCUT2D eigenvalue weighted by Gasteiger charge is 2.20. The minimum atomic E-state index is 0.0850. The Labute approximate surface area is 91.9 Å². The monoisotopic (exact) mass is 208 g/mol. The number of nitrogens with one attached hydrogen (secondary N) is 1. The van der Waals surface area contributed by atoms with Crippen LogP contribution in [0, 0.1) is 0 Å². The quantitative estimate of drug-likeness (QED) is 0.807. The summed E-state index contributed by atoms with van der Waals surface area (Å²) in [5, 5.41) is 3.44. The Kier molecular flexibility index (Phi) is 3.95. The maximum absolute atomic E-state index is 5.26. The average molecular weight is 208 g/mol. The molecular formula is C12H20N2O. The molecule has 1 aromatic heterocycles. The van der Waals surface area contributed by atoms with Gasteiger partial charge in [-0.2, -0.15) is 0 Å². The summed E-state index contributed by atoms with van der Waals surface area (Å²) in [5.74, 6) is 1.62. The minimum absolute atomic E-state index is 0.0850. The zero-order chi connectivity index (χ0) is 11.3. The Bertz CT molecular complexity index is 308. The Morgan fingerprint density at radius 3 is 2.60 bits per heavy atom. The van der Waals surface area contributed by atoms with Gasteiger partial charge in [0.2, 0.25) is 0 Å². The topological polar surface area (TPSA) is 34.2 Å². The number of hydrogen-bond donors (Lipinski definition) is 1. The lowest BCUT2D eigenvalue weighted by Crippen LogP contribution is -2.33. The fraction of sp³-hybridized carbons (Fsp3) is 0.583. The van der Waals surface area contributed by atoms with Crippen molar-refractivity contribution >= 4 is 5.82 Å². The van der Waals surface area contributed by atoms with Crippen molar-refractivity contribution in [2.45, 2.75) is 39.2 Å². The molecule has 0 amide bonds. The van der Waals surface area contributed by atoms with E-state index < -0.39 is 0 Å². The standard InChI is InChI=1S/C12H20N2O/c1-5-12(3,6-2)14-11-10(15-4)8-7-9-13-11/h7-9H,5-6H2,1-4H3,(H,13,14). The molecule has 0 atom stereocenters. The van der Waals surface area contributed by atoms with Gasteiger partial charge < -0.3 is 10.1 Å². The number of aromatic nitrogens is 1. The van der Waals surface area contributed by atoms with Crippen molar-refractivity contribution in [2.24, 2.45) is 0 Å². The molecule has 0 bridgehead atoms. The number of ether oxygens (including phenoxy) is 1. The molecule has 0 aliphatic heterocycles. The fourth-order valence-electron chi connectivity index (χ4n) is 1.36. The van der Waals surface area contributed by atoms with E-state index in [0.717, 1.165) is 24.4 Å². The Balaban J connectivity index is 2.87. The van der Waals surface area contributed by atoms with Crippen LogP contribution >= 0.6 is 0 Å². The third-order valence-electron chi connectivity index (χ3n) is 2.97. The van der Waals surface area contributed by atoms with Gasteiger partial charge in [0.25, 0.3) is 0 Å². The molecule has 0 spiro atoms. The zero-order valence-corrected chi connectivity index (χ0v) is 10.0. The first-order valence-corrected chi connectivity index (χ1v) is 5.42. The molecule has 3 heteroatoms. The number of hydrogen-bond acceptors (Lipinski definition) is 3. The van der Waals surface area contributed by atoms with Gasteiger partial charge in [-0.15, -0.1) is 0 Å². The summed E-state index contributed by atoms with van der Waals surface area (Å²) < 4.78 is 5.26. The van der Waals surface area contributed by atoms with Gasteiger partial charge >= 0.3 is 0 Å². The van der Waals surface area contributed by atoms with E-state index >= 15 is 0 Å². The highest BCUT2D eigenvalue weighted by Crippen LogP contribution is 2.26. The van der Waals surface area contributed by atoms with Gasteiger partial charge in [-0.25, -0.2) is 4.98 Å². The lowest BCUT2D eigenvalue weighted by atomic mass is 9.95. The Morgan fingerprint density at radius 1 is 1.40 bits per heavy atom. The van der Waals surface area contributed by atoms with E-state index in [2.05, 4.69) is 31.1 Å². The predicted octanol–water partition coefficient (Wildman–Crippen LogP) is 3.08. The summed E-state index contributed by atoms with van der Waals surface area (Å²) in [6, 6.07) is 3.79. The van der Waals surface area contributed by atoms with Gasteiger partial charge in [-0.3, -0.25) is 0 Å². The van der Waals surface area contributed by atoms with Crippen molar-refractivity contribution in [2.75, 3.05) is 12.4 Å². The lowest BCUT2D eigenvalue weighted by Gasteiger charge is -2.29. The van der Waals surface area contributed by atoms with Crippen LogP contribution in [0.1, 0.15) is 33.6 Å². The minimum Gasteiger partial charge on any atom is -0.493 e. The molecule has 1 N–H and O–H groups in total. The second-order valence-corrected chi connectivity index (χ2v) is 3.95. The Hall–Kier alpha value is -1.25. The van der Waals surface area contributed by atoms with Crippen molar-refractivity contribution in [3.63, 3.8) is 0 Å². The molecule has 0 radical (unpaired) electrons. The molecular weight excluding hydrogens is 188 g/mol. The average Bonchev–Trinajstić information content (AvgIpc) is 2.29. The van der Waals surface area contributed by atoms with Crippen molar-refractivity contribution in [3.05, 3.63) is 18.3 Å². The summed E-state index contributed by atoms with van der Waals surface area (Å²) in [6.45, 7) is 6.54. The summed E-state index contributed by atoms with van der Waals surface area (Å²) in [4.78, 5) is 4.29. The molecule has 15 heavy (non-hydrogen) atoms. The SMILES string of the molecule is CCC(C)(CC)Nc1ncccc1OC. The van der Waals surface area contributed by atoms with E-state index in [-0.39, 0.29) is 5.54 Å². The molecule has 0 aliphatic rings. The normalized spacial score (nSPS) is 11.2. The number of rotatable bonds is 5. The van der Waals surface area contributed by atoms with Crippen LogP contribution in [-0.2, 0) is 0 Å². The largest absolute Gasteiger partial charge is 0.493 e. The highest BCUT2D eigenvalue weighted by atomic mass is 16.5. The van der Waals surface area contributed by atoms with E-state index in [1.54, 1.807) is 13.3 Å². The van der Waals surface area contributed by atoms with E-state index in [1.165, 1.54) is 0 Å². The summed E-state index contributed by atoms with van der Waals surface area (Å²) in [6.07, 6.45) is 3.89. The summed E-state index contributed by atoms with van der Waals surface area (Å²) in [5.41, 5.74) is 0.0850. The second-order valence-electron chi connectivity index (χ2n) is 3.95. The fourth-order valence-corrected chi connectivity index (χ4v) is 1.36. The maximum Gasteiger partial charge on any atom is 0.169 e. The van der Waals surface area contributed by atoms with Crippen LogP contribution < -0.4 is 10.1 Å². The first-order valence-electron chi connectivity index (χ1n) is 5.42. The van der Waals surface area contributed by atoms with E-state index in [1.807, 2.05) is 12.1 Å². The third-order valence-corrected chi connectivity index (χ3v) is 2.97. The molecule has 1 aromatic rings. The van der Waals surface area contributed by atoms with E-state index in [0.29, 0.717) is 0 Å². The molecule has 0 saturated carbocycles. The molecule has 0 saturated heterocycles. The number of pyridine rings is 1. The van der Waals surface area contributed by atoms with Gasteiger partial charge in [0.15, 0.2) is 11.6 Å². The van der Waals surface area contributed by atoms with Crippen LogP contribution in [0.3, 0.4) is 0 Å². The summed E-state index contributed by atoms with van der Waals surface area (Å²) >= 11 is 0. The van der Waals surface area contributed by atoms with Gasteiger partial charge in [-0.05, 0) is 31.9 Å². The first kappa shape index (κ1) is 11.8. The maximum atomic E-state index is 5.26. The predicted molar refractivity (Wildman–Crippen MR) is 63.4 cm³/mol. The molecule has 1 rings (SSSR count). The van der Waals surface area contributed by atoms with Crippen LogP contribution in [0.15, 0.2) is 18.3 Å². The lowest BCUT2D eigenvalue weighted by molar-refractivity contribution is 0.409. The molecule has 0 unspecified atom stereocenters. The molecule has 0 aliphatic carbocycles. The molecule has 1 heterocycles. The van der Waals surface area contributed by atoms with Gasteiger partial charge in [0, 0.05) is 11.7 Å². The zero-order valence-electron chi connectivity index (χ0n) is 10.0. The van der Waals surface area contributed by atoms with Gasteiger partial charge in [0.1, 0.15) is 0 Å².